The molecular formula is C10H8Cl2N4O2S. The van der Waals surface area contributed by atoms with Gasteiger partial charge in [0, 0.05) is 11.8 Å². The number of nitrogens with zero attached hydrogens (tertiary/aromatic N) is 2. The van der Waals surface area contributed by atoms with Gasteiger partial charge in [-0.3, -0.25) is 4.72 Å². The van der Waals surface area contributed by atoms with Crippen LogP contribution in [0.4, 0.5) is 11.5 Å². The lowest BCUT2D eigenvalue weighted by atomic mass is 10.3. The zero-order valence-electron chi connectivity index (χ0n) is 9.34. The van der Waals surface area contributed by atoms with Crippen LogP contribution in [0.5, 0.6) is 0 Å². The Morgan fingerprint density at radius 1 is 1.16 bits per heavy atom. The highest BCUT2D eigenvalue weighted by Crippen LogP contribution is 2.25. The van der Waals surface area contributed by atoms with E-state index in [1.165, 1.54) is 24.3 Å². The van der Waals surface area contributed by atoms with E-state index < -0.39 is 10.0 Å². The molecule has 0 aliphatic rings. The number of benzene rings is 1. The van der Waals surface area contributed by atoms with Crippen molar-refractivity contribution in [3.8, 4) is 0 Å². The van der Waals surface area contributed by atoms with Gasteiger partial charge >= 0.3 is 0 Å². The third-order valence-corrected chi connectivity index (χ3v) is 4.16. The van der Waals surface area contributed by atoms with Gasteiger partial charge in [0.2, 0.25) is 0 Å². The highest BCUT2D eigenvalue weighted by molar-refractivity contribution is 7.92. The average Bonchev–Trinajstić information content (AvgIpc) is 2.27. The first-order valence-corrected chi connectivity index (χ1v) is 7.18. The van der Waals surface area contributed by atoms with E-state index in [2.05, 4.69) is 14.7 Å². The molecule has 0 radical (unpaired) electrons. The minimum absolute atomic E-state index is 0.0210. The van der Waals surface area contributed by atoms with Gasteiger partial charge in [0.15, 0.2) is 0 Å². The summed E-state index contributed by atoms with van der Waals surface area (Å²) in [4.78, 5) is 7.29. The second-order valence-corrected chi connectivity index (χ2v) is 5.97. The third kappa shape index (κ3) is 3.25. The second-order valence-electron chi connectivity index (χ2n) is 3.52. The highest BCUT2D eigenvalue weighted by atomic mass is 35.5. The summed E-state index contributed by atoms with van der Waals surface area (Å²) in [5.74, 6) is 0.0490. The van der Waals surface area contributed by atoms with Crippen molar-refractivity contribution < 1.29 is 8.42 Å². The van der Waals surface area contributed by atoms with Crippen LogP contribution in [-0.2, 0) is 10.0 Å². The first kappa shape index (κ1) is 13.9. The number of nitrogens with one attached hydrogen (secondary N) is 1. The molecule has 0 aliphatic heterocycles. The molecule has 1 heterocycles. The van der Waals surface area contributed by atoms with Crippen molar-refractivity contribution in [2.75, 3.05) is 10.5 Å². The van der Waals surface area contributed by atoms with Crippen molar-refractivity contribution in [1.82, 2.24) is 9.97 Å². The lowest BCUT2D eigenvalue weighted by molar-refractivity contribution is 0.601. The molecule has 0 fully saturated rings. The molecule has 0 bridgehead atoms. The second kappa shape index (κ2) is 5.20. The van der Waals surface area contributed by atoms with E-state index >= 15 is 0 Å². The number of rotatable bonds is 3. The van der Waals surface area contributed by atoms with Gasteiger partial charge in [-0.15, -0.1) is 0 Å². The monoisotopic (exact) mass is 318 g/mol. The van der Waals surface area contributed by atoms with Crippen LogP contribution >= 0.6 is 23.2 Å². The van der Waals surface area contributed by atoms with Crippen molar-refractivity contribution in [1.29, 1.82) is 0 Å². The summed E-state index contributed by atoms with van der Waals surface area (Å²) in [7, 11) is -3.86. The van der Waals surface area contributed by atoms with Crippen molar-refractivity contribution >= 4 is 44.7 Å². The number of halogens is 2. The van der Waals surface area contributed by atoms with Gasteiger partial charge in [-0.1, -0.05) is 23.2 Å². The molecule has 0 aliphatic carbocycles. The summed E-state index contributed by atoms with van der Waals surface area (Å²) in [6.45, 7) is 0. The fraction of sp³-hybridized carbons (Fsp3) is 0. The Labute approximate surface area is 119 Å². The number of sulfonamides is 1. The number of hydrogen-bond donors (Lipinski definition) is 2. The Morgan fingerprint density at radius 2 is 1.89 bits per heavy atom. The smallest absolute Gasteiger partial charge is 0.264 e. The Balaban J connectivity index is 2.38. The number of hydrogen-bond acceptors (Lipinski definition) is 5. The molecule has 0 unspecified atom stereocenters. The van der Waals surface area contributed by atoms with Crippen LogP contribution < -0.4 is 10.5 Å². The van der Waals surface area contributed by atoms with E-state index in [9.17, 15) is 8.42 Å². The molecule has 2 rings (SSSR count). The molecule has 9 heteroatoms. The van der Waals surface area contributed by atoms with Crippen molar-refractivity contribution in [2.45, 2.75) is 4.90 Å². The quantitative estimate of drug-likeness (QED) is 0.667. The Bertz CT molecular complexity index is 721. The molecule has 19 heavy (non-hydrogen) atoms. The summed E-state index contributed by atoms with van der Waals surface area (Å²) in [6, 6.07) is 5.38. The van der Waals surface area contributed by atoms with Crippen molar-refractivity contribution in [2.24, 2.45) is 0 Å². The molecule has 0 saturated carbocycles. The van der Waals surface area contributed by atoms with Crippen LogP contribution in [-0.4, -0.2) is 18.4 Å². The molecule has 0 spiro atoms. The van der Waals surface area contributed by atoms with Gasteiger partial charge in [0.1, 0.15) is 22.2 Å². The summed E-state index contributed by atoms with van der Waals surface area (Å²) in [6.07, 6.45) is 1.14. The van der Waals surface area contributed by atoms with Gasteiger partial charge in [-0.2, -0.15) is 0 Å². The normalized spacial score (nSPS) is 11.3. The van der Waals surface area contributed by atoms with E-state index in [0.29, 0.717) is 5.69 Å². The lowest BCUT2D eigenvalue weighted by Gasteiger charge is -2.09. The van der Waals surface area contributed by atoms with E-state index in [0.717, 1.165) is 6.33 Å². The summed E-state index contributed by atoms with van der Waals surface area (Å²) in [5.41, 5.74) is 5.87. The molecule has 0 atom stereocenters. The SMILES string of the molecule is Nc1ccc(S(=O)(=O)Nc2cc(Cl)ncn2)c(Cl)c1. The maximum Gasteiger partial charge on any atom is 0.264 e. The molecule has 100 valence electrons. The van der Waals surface area contributed by atoms with Gasteiger partial charge in [-0.05, 0) is 18.2 Å². The maximum absolute atomic E-state index is 12.1. The Morgan fingerprint density at radius 3 is 2.53 bits per heavy atom. The van der Waals surface area contributed by atoms with Gasteiger partial charge < -0.3 is 5.73 Å². The predicted octanol–water partition coefficient (Wildman–Crippen LogP) is 2.17. The number of aromatic nitrogens is 2. The summed E-state index contributed by atoms with van der Waals surface area (Å²) < 4.78 is 26.5. The van der Waals surface area contributed by atoms with E-state index in [1.54, 1.807) is 0 Å². The molecule has 1 aromatic heterocycles. The fourth-order valence-electron chi connectivity index (χ4n) is 1.32. The molecule has 0 amide bonds. The van der Waals surface area contributed by atoms with Crippen LogP contribution in [0.3, 0.4) is 0 Å². The lowest BCUT2D eigenvalue weighted by Crippen LogP contribution is -2.14. The van der Waals surface area contributed by atoms with Gasteiger partial charge in [0.05, 0.1) is 5.02 Å². The van der Waals surface area contributed by atoms with Crippen LogP contribution in [0.25, 0.3) is 0 Å². The summed E-state index contributed by atoms with van der Waals surface area (Å²) >= 11 is 11.5. The standard InChI is InChI=1S/C10H8Cl2N4O2S/c11-7-3-6(13)1-2-8(7)19(17,18)16-10-4-9(12)14-5-15-10/h1-5H,13H2,(H,14,15,16). The topological polar surface area (TPSA) is 98.0 Å². The average molecular weight is 319 g/mol. The van der Waals surface area contributed by atoms with E-state index in [-0.39, 0.29) is 20.9 Å². The van der Waals surface area contributed by atoms with Crippen molar-refractivity contribution in [3.63, 3.8) is 0 Å². The third-order valence-electron chi connectivity index (χ3n) is 2.12. The molecule has 1 aromatic carbocycles. The highest BCUT2D eigenvalue weighted by Gasteiger charge is 2.18. The number of anilines is 2. The van der Waals surface area contributed by atoms with Crippen LogP contribution in [0, 0.1) is 0 Å². The minimum atomic E-state index is -3.86. The largest absolute Gasteiger partial charge is 0.399 e. The minimum Gasteiger partial charge on any atom is -0.399 e. The molecule has 0 saturated heterocycles. The van der Waals surface area contributed by atoms with E-state index in [4.69, 9.17) is 28.9 Å². The van der Waals surface area contributed by atoms with Gasteiger partial charge in [0.25, 0.3) is 10.0 Å². The molecular weight excluding hydrogens is 311 g/mol. The Hall–Kier alpha value is -1.57. The van der Waals surface area contributed by atoms with Crippen LogP contribution in [0.1, 0.15) is 0 Å². The molecule has 2 aromatic rings. The van der Waals surface area contributed by atoms with Crippen LogP contribution in [0.15, 0.2) is 35.5 Å². The zero-order chi connectivity index (χ0) is 14.0. The summed E-state index contributed by atoms with van der Waals surface area (Å²) in [5, 5.41) is 0.142. The maximum atomic E-state index is 12.1. The van der Waals surface area contributed by atoms with Crippen molar-refractivity contribution in [3.05, 3.63) is 40.8 Å². The first-order chi connectivity index (χ1) is 8.88. The zero-order valence-corrected chi connectivity index (χ0v) is 11.7. The molecule has 6 nitrogen and oxygen atoms in total. The van der Waals surface area contributed by atoms with Crippen LogP contribution in [0.2, 0.25) is 10.2 Å². The number of nitrogens with two attached hydrogens (primary N) is 1. The van der Waals surface area contributed by atoms with Gasteiger partial charge in [-0.25, -0.2) is 18.4 Å². The van der Waals surface area contributed by atoms with E-state index in [1.807, 2.05) is 0 Å². The predicted molar refractivity (Wildman–Crippen MR) is 73.7 cm³/mol. The number of nitrogen functional groups attached to an aromatic ring is 1. The first-order valence-electron chi connectivity index (χ1n) is 4.94. The molecule has 3 N–H and O–H groups in total. The Kier molecular flexibility index (Phi) is 3.79. The fourth-order valence-corrected chi connectivity index (χ4v) is 3.02.